The maximum Gasteiger partial charge on any atom is 0.635 e. The van der Waals surface area contributed by atoms with E-state index in [-0.39, 0.29) is 17.0 Å². The first kappa shape index (κ1) is 31.7. The van der Waals surface area contributed by atoms with Crippen LogP contribution in [0.4, 0.5) is 4.39 Å². The van der Waals surface area contributed by atoms with E-state index in [1.807, 2.05) is 107 Å². The van der Waals surface area contributed by atoms with Crippen LogP contribution in [0.5, 0.6) is 23.0 Å². The third-order valence-electron chi connectivity index (χ3n) is 8.38. The van der Waals surface area contributed by atoms with E-state index in [4.69, 9.17) is 9.31 Å². The van der Waals surface area contributed by atoms with Crippen LogP contribution in [0.25, 0.3) is 0 Å². The first-order valence-electron chi connectivity index (χ1n) is 15.6. The van der Waals surface area contributed by atoms with E-state index in [0.29, 0.717) is 30.8 Å². The Morgan fingerprint density at radius 2 is 1.09 bits per heavy atom. The van der Waals surface area contributed by atoms with Gasteiger partial charge in [0.15, 0.2) is 0 Å². The van der Waals surface area contributed by atoms with Gasteiger partial charge in [0.05, 0.1) is 0 Å². The highest BCUT2D eigenvalue weighted by molar-refractivity contribution is 6.63. The highest BCUT2D eigenvalue weighted by Gasteiger charge is 2.33. The van der Waals surface area contributed by atoms with Crippen molar-refractivity contribution in [1.82, 2.24) is 0 Å². The number of para-hydroxylation sites is 4. The topological polar surface area (TPSA) is 58.9 Å². The van der Waals surface area contributed by atoms with Gasteiger partial charge in [0.2, 0.25) is 0 Å². The van der Waals surface area contributed by atoms with Gasteiger partial charge in [-0.3, -0.25) is 0 Å². The zero-order chi connectivity index (χ0) is 32.1. The lowest BCUT2D eigenvalue weighted by Crippen LogP contribution is -2.45. The monoisotopic (exact) mass is 602 g/mol. The van der Waals surface area contributed by atoms with Crippen LogP contribution in [0.1, 0.15) is 63.9 Å². The molecule has 4 nitrogen and oxygen atoms in total. The van der Waals surface area contributed by atoms with E-state index in [9.17, 15) is 10.2 Å². The SMILES string of the molecule is CCc1cccc(Cc2cccc(C)c2OB(Oc2c(CC)cccc2Cc2cccc(C)c2O)c2ccc(C)cc2F)c1O. The van der Waals surface area contributed by atoms with Crippen molar-refractivity contribution in [1.29, 1.82) is 0 Å². The van der Waals surface area contributed by atoms with Gasteiger partial charge >= 0.3 is 7.12 Å². The Bertz CT molecular complexity index is 1820. The Balaban J connectivity index is 1.59. The summed E-state index contributed by atoms with van der Waals surface area (Å²) in [4.78, 5) is 0. The van der Waals surface area contributed by atoms with Crippen molar-refractivity contribution in [2.75, 3.05) is 0 Å². The molecule has 5 aromatic rings. The molecule has 0 bridgehead atoms. The van der Waals surface area contributed by atoms with Crippen LogP contribution in [0, 0.1) is 26.6 Å². The summed E-state index contributed by atoms with van der Waals surface area (Å²) in [6, 6.07) is 28.4. The molecule has 0 fully saturated rings. The lowest BCUT2D eigenvalue weighted by atomic mass is 9.77. The molecule has 0 heterocycles. The average molecular weight is 603 g/mol. The summed E-state index contributed by atoms with van der Waals surface area (Å²) in [5.41, 5.74) is 7.86. The Labute approximate surface area is 266 Å². The normalized spacial score (nSPS) is 11.0. The predicted molar refractivity (Wildman–Crippen MR) is 181 cm³/mol. The molecule has 0 aliphatic heterocycles. The Morgan fingerprint density at radius 1 is 0.578 bits per heavy atom. The lowest BCUT2D eigenvalue weighted by Gasteiger charge is -2.24. The van der Waals surface area contributed by atoms with Gasteiger partial charge in [-0.2, -0.15) is 0 Å². The van der Waals surface area contributed by atoms with Crippen molar-refractivity contribution < 1.29 is 23.9 Å². The second kappa shape index (κ2) is 13.9. The number of halogens is 1. The molecular weight excluding hydrogens is 562 g/mol. The number of rotatable bonds is 11. The number of phenols is 2. The number of aryl methyl sites for hydroxylation is 5. The van der Waals surface area contributed by atoms with Gasteiger partial charge in [-0.1, -0.05) is 98.8 Å². The van der Waals surface area contributed by atoms with Crippen LogP contribution in [0.2, 0.25) is 0 Å². The van der Waals surface area contributed by atoms with Crippen molar-refractivity contribution in [2.45, 2.75) is 60.3 Å². The third-order valence-corrected chi connectivity index (χ3v) is 8.38. The van der Waals surface area contributed by atoms with E-state index in [2.05, 4.69) is 6.92 Å². The molecule has 0 aliphatic carbocycles. The first-order valence-corrected chi connectivity index (χ1v) is 15.6. The molecule has 6 heteroatoms. The van der Waals surface area contributed by atoms with Gasteiger partial charge in [0.1, 0.15) is 28.8 Å². The fourth-order valence-electron chi connectivity index (χ4n) is 5.76. The minimum Gasteiger partial charge on any atom is -0.521 e. The van der Waals surface area contributed by atoms with Crippen LogP contribution in [0.3, 0.4) is 0 Å². The van der Waals surface area contributed by atoms with Crippen molar-refractivity contribution in [3.05, 3.63) is 147 Å². The average Bonchev–Trinajstić information content (AvgIpc) is 3.02. The molecule has 0 saturated heterocycles. The van der Waals surface area contributed by atoms with Crippen LogP contribution < -0.4 is 14.8 Å². The molecule has 0 saturated carbocycles. The molecule has 2 N–H and O–H groups in total. The predicted octanol–water partition coefficient (Wildman–Crippen LogP) is 8.32. The van der Waals surface area contributed by atoms with E-state index in [1.54, 1.807) is 6.07 Å². The molecule has 0 unspecified atom stereocenters. The molecule has 230 valence electrons. The van der Waals surface area contributed by atoms with E-state index in [1.165, 1.54) is 6.07 Å². The fourth-order valence-corrected chi connectivity index (χ4v) is 5.76. The lowest BCUT2D eigenvalue weighted by molar-refractivity contribution is 0.426. The van der Waals surface area contributed by atoms with E-state index in [0.717, 1.165) is 56.5 Å². The van der Waals surface area contributed by atoms with E-state index < -0.39 is 12.9 Å². The van der Waals surface area contributed by atoms with Crippen LogP contribution >= 0.6 is 0 Å². The maximum atomic E-state index is 15.7. The largest absolute Gasteiger partial charge is 0.635 e. The van der Waals surface area contributed by atoms with Gasteiger partial charge in [0, 0.05) is 18.3 Å². The Hall–Kier alpha value is -4.71. The van der Waals surface area contributed by atoms with Gasteiger partial charge < -0.3 is 19.5 Å². The van der Waals surface area contributed by atoms with Crippen molar-refractivity contribution in [3.63, 3.8) is 0 Å². The van der Waals surface area contributed by atoms with Crippen molar-refractivity contribution >= 4 is 12.6 Å². The minimum atomic E-state index is -1.11. The van der Waals surface area contributed by atoms with Crippen molar-refractivity contribution in [2.24, 2.45) is 0 Å². The summed E-state index contributed by atoms with van der Waals surface area (Å²) < 4.78 is 29.1. The summed E-state index contributed by atoms with van der Waals surface area (Å²) >= 11 is 0. The molecule has 5 rings (SSSR count). The zero-order valence-corrected chi connectivity index (χ0v) is 26.7. The summed E-state index contributed by atoms with van der Waals surface area (Å²) in [5, 5.41) is 21.7. The van der Waals surface area contributed by atoms with Crippen LogP contribution in [-0.2, 0) is 25.7 Å². The highest BCUT2D eigenvalue weighted by Crippen LogP contribution is 2.34. The van der Waals surface area contributed by atoms with Gasteiger partial charge in [-0.15, -0.1) is 0 Å². The summed E-state index contributed by atoms with van der Waals surface area (Å²) in [6.07, 6.45) is 2.28. The molecule has 0 radical (unpaired) electrons. The number of hydrogen-bond acceptors (Lipinski definition) is 4. The quantitative estimate of drug-likeness (QED) is 0.149. The molecule has 0 aromatic heterocycles. The maximum absolute atomic E-state index is 15.7. The van der Waals surface area contributed by atoms with Crippen LogP contribution in [-0.4, -0.2) is 17.3 Å². The summed E-state index contributed by atoms with van der Waals surface area (Å²) in [5.74, 6) is 1.30. The second-order valence-electron chi connectivity index (χ2n) is 11.6. The summed E-state index contributed by atoms with van der Waals surface area (Å²) in [6.45, 7) is 9.74. The number of aromatic hydroxyl groups is 2. The molecule has 0 spiro atoms. The Kier molecular flexibility index (Phi) is 9.82. The minimum absolute atomic E-state index is 0.252. The summed E-state index contributed by atoms with van der Waals surface area (Å²) in [7, 11) is -1.11. The molecule has 0 atom stereocenters. The smallest absolute Gasteiger partial charge is 0.521 e. The standard InChI is InChI=1S/C39H40BFO4/c1-6-28-14-10-17-31(37(28)43)24-32-18-9-13-27(5)38(32)44-40(34-21-20-25(3)22-35(34)41)45-39-29(7-2)15-11-19-33(39)23-30-16-8-12-26(4)36(30)42/h8-22,42-43H,6-7,23-24H2,1-5H3. The molecule has 45 heavy (non-hydrogen) atoms. The molecule has 0 aliphatic rings. The van der Waals surface area contributed by atoms with E-state index >= 15 is 4.39 Å². The van der Waals surface area contributed by atoms with Gasteiger partial charge in [-0.25, -0.2) is 4.39 Å². The highest BCUT2D eigenvalue weighted by atomic mass is 19.1. The first-order chi connectivity index (χ1) is 21.7. The third kappa shape index (κ3) is 7.01. The number of phenolic OH excluding ortho intramolecular Hbond substituents is 2. The zero-order valence-electron chi connectivity index (χ0n) is 26.7. The second-order valence-corrected chi connectivity index (χ2v) is 11.6. The molecule has 5 aromatic carbocycles. The van der Waals surface area contributed by atoms with Crippen LogP contribution in [0.15, 0.2) is 91.0 Å². The molecular formula is C39H40BFO4. The van der Waals surface area contributed by atoms with Gasteiger partial charge in [0.25, 0.3) is 0 Å². The fraction of sp³-hybridized carbons (Fsp3) is 0.231. The van der Waals surface area contributed by atoms with Crippen molar-refractivity contribution in [3.8, 4) is 23.0 Å². The van der Waals surface area contributed by atoms with Gasteiger partial charge in [-0.05, 0) is 89.8 Å². The Morgan fingerprint density at radius 3 is 1.73 bits per heavy atom. The molecule has 0 amide bonds. The number of hydrogen-bond donors (Lipinski definition) is 2. The number of benzene rings is 5.